The van der Waals surface area contributed by atoms with E-state index in [1.807, 2.05) is 0 Å². The number of rotatable bonds is 1. The first-order chi connectivity index (χ1) is 8.31. The maximum absolute atomic E-state index is 3.50. The van der Waals surface area contributed by atoms with Crippen molar-refractivity contribution in [3.63, 3.8) is 0 Å². The van der Waals surface area contributed by atoms with Crippen molar-refractivity contribution in [2.75, 3.05) is 43.0 Å². The molecule has 0 spiro atoms. The number of aryl methyl sites for hydroxylation is 1. The van der Waals surface area contributed by atoms with Gasteiger partial charge >= 0.3 is 0 Å². The molecule has 2 aliphatic rings. The number of likely N-dealkylation sites (N-methyl/N-ethyl adjacent to an activating group) is 1. The molecule has 0 aromatic heterocycles. The van der Waals surface area contributed by atoms with Gasteiger partial charge in [0.1, 0.15) is 0 Å². The van der Waals surface area contributed by atoms with Crippen LogP contribution in [0.25, 0.3) is 0 Å². The third kappa shape index (κ3) is 1.69. The number of hydrogen-bond donors (Lipinski definition) is 1. The normalized spacial score (nSPS) is 23.3. The van der Waals surface area contributed by atoms with Crippen LogP contribution in [0.3, 0.4) is 0 Å². The smallest absolute Gasteiger partial charge is 0.0634 e. The summed E-state index contributed by atoms with van der Waals surface area (Å²) in [5, 5.41) is 3.50. The van der Waals surface area contributed by atoms with Crippen molar-refractivity contribution in [1.82, 2.24) is 5.32 Å². The van der Waals surface area contributed by atoms with E-state index in [1.54, 1.807) is 0 Å². The average Bonchev–Trinajstić information content (AvgIpc) is 2.38. The highest BCUT2D eigenvalue weighted by molar-refractivity contribution is 5.77. The quantitative estimate of drug-likeness (QED) is 0.790. The van der Waals surface area contributed by atoms with Crippen LogP contribution in [-0.2, 0) is 6.42 Å². The molecule has 1 aromatic rings. The minimum atomic E-state index is 0.633. The summed E-state index contributed by atoms with van der Waals surface area (Å²) in [6, 6.07) is 7.38. The van der Waals surface area contributed by atoms with Gasteiger partial charge in [-0.1, -0.05) is 19.1 Å². The van der Waals surface area contributed by atoms with E-state index in [0.717, 1.165) is 32.6 Å². The lowest BCUT2D eigenvalue weighted by molar-refractivity contribution is 0.465. The molecule has 1 unspecified atom stereocenters. The van der Waals surface area contributed by atoms with Crippen molar-refractivity contribution in [1.29, 1.82) is 0 Å². The van der Waals surface area contributed by atoms with Gasteiger partial charge in [-0.25, -0.2) is 0 Å². The zero-order chi connectivity index (χ0) is 11.8. The maximum atomic E-state index is 3.50. The Labute approximate surface area is 103 Å². The molecule has 2 heterocycles. The van der Waals surface area contributed by atoms with E-state index in [1.165, 1.54) is 16.9 Å². The molecule has 3 heteroatoms. The van der Waals surface area contributed by atoms with Crippen LogP contribution in [0.4, 0.5) is 11.4 Å². The molecular weight excluding hydrogens is 210 g/mol. The number of hydrogen-bond acceptors (Lipinski definition) is 3. The minimum absolute atomic E-state index is 0.633. The van der Waals surface area contributed by atoms with Gasteiger partial charge in [-0.3, -0.25) is 0 Å². The molecule has 0 bridgehead atoms. The van der Waals surface area contributed by atoms with Gasteiger partial charge in [-0.05, 0) is 18.1 Å². The van der Waals surface area contributed by atoms with Crippen LogP contribution in [0.1, 0.15) is 12.5 Å². The molecule has 1 saturated heterocycles. The van der Waals surface area contributed by atoms with E-state index in [4.69, 9.17) is 0 Å². The number of para-hydroxylation sites is 1. The molecular formula is C14H21N3. The van der Waals surface area contributed by atoms with Gasteiger partial charge in [0, 0.05) is 33.2 Å². The first-order valence-corrected chi connectivity index (χ1v) is 6.61. The topological polar surface area (TPSA) is 18.5 Å². The van der Waals surface area contributed by atoms with Crippen molar-refractivity contribution >= 4 is 11.4 Å². The average molecular weight is 231 g/mol. The van der Waals surface area contributed by atoms with Crippen LogP contribution < -0.4 is 15.1 Å². The Kier molecular flexibility index (Phi) is 2.71. The van der Waals surface area contributed by atoms with Crippen LogP contribution >= 0.6 is 0 Å². The van der Waals surface area contributed by atoms with E-state index in [0.29, 0.717) is 6.04 Å². The minimum Gasteiger partial charge on any atom is -0.371 e. The molecule has 92 valence electrons. The van der Waals surface area contributed by atoms with Crippen molar-refractivity contribution in [3.8, 4) is 0 Å². The van der Waals surface area contributed by atoms with Gasteiger partial charge in [0.25, 0.3) is 0 Å². The monoisotopic (exact) mass is 231 g/mol. The molecule has 17 heavy (non-hydrogen) atoms. The second kappa shape index (κ2) is 4.22. The highest BCUT2D eigenvalue weighted by Crippen LogP contribution is 2.37. The first-order valence-electron chi connectivity index (χ1n) is 6.61. The van der Waals surface area contributed by atoms with E-state index in [2.05, 4.69) is 47.3 Å². The summed E-state index contributed by atoms with van der Waals surface area (Å²) < 4.78 is 0. The summed E-state index contributed by atoms with van der Waals surface area (Å²) in [6.45, 7) is 6.74. The molecule has 0 aliphatic carbocycles. The lowest BCUT2D eigenvalue weighted by Gasteiger charge is -2.46. The van der Waals surface area contributed by atoms with Crippen molar-refractivity contribution in [3.05, 3.63) is 23.8 Å². The van der Waals surface area contributed by atoms with Crippen LogP contribution in [0.5, 0.6) is 0 Å². The van der Waals surface area contributed by atoms with Gasteiger partial charge < -0.3 is 15.1 Å². The molecule has 1 fully saturated rings. The second-order valence-corrected chi connectivity index (χ2v) is 5.07. The van der Waals surface area contributed by atoms with Gasteiger partial charge in [0.05, 0.1) is 17.4 Å². The number of benzene rings is 1. The van der Waals surface area contributed by atoms with Crippen molar-refractivity contribution in [2.45, 2.75) is 19.4 Å². The van der Waals surface area contributed by atoms with Crippen molar-refractivity contribution < 1.29 is 0 Å². The number of anilines is 2. The predicted molar refractivity (Wildman–Crippen MR) is 73.1 cm³/mol. The van der Waals surface area contributed by atoms with Crippen LogP contribution in [-0.4, -0.2) is 39.3 Å². The molecule has 1 aromatic carbocycles. The summed E-state index contributed by atoms with van der Waals surface area (Å²) in [5.41, 5.74) is 4.36. The number of fused-ring (bicyclic) bond motifs is 3. The van der Waals surface area contributed by atoms with E-state index in [-0.39, 0.29) is 0 Å². The summed E-state index contributed by atoms with van der Waals surface area (Å²) in [5.74, 6) is 0. The zero-order valence-electron chi connectivity index (χ0n) is 10.7. The molecule has 1 N–H and O–H groups in total. The highest BCUT2D eigenvalue weighted by atomic mass is 15.3. The Balaban J connectivity index is 2.07. The molecule has 2 aliphatic heterocycles. The molecule has 3 nitrogen and oxygen atoms in total. The fraction of sp³-hybridized carbons (Fsp3) is 0.571. The predicted octanol–water partition coefficient (Wildman–Crippen LogP) is 1.48. The summed E-state index contributed by atoms with van der Waals surface area (Å²) in [7, 11) is 2.23. The second-order valence-electron chi connectivity index (χ2n) is 5.07. The van der Waals surface area contributed by atoms with Crippen molar-refractivity contribution in [2.24, 2.45) is 0 Å². The van der Waals surface area contributed by atoms with Gasteiger partial charge in [-0.15, -0.1) is 0 Å². The molecule has 1 atom stereocenters. The fourth-order valence-corrected chi connectivity index (χ4v) is 3.18. The van der Waals surface area contributed by atoms with Crippen LogP contribution in [0, 0.1) is 0 Å². The molecule has 3 rings (SSSR count). The Morgan fingerprint density at radius 3 is 3.12 bits per heavy atom. The molecule has 0 amide bonds. The number of nitrogens with one attached hydrogen (secondary N) is 1. The standard InChI is InChI=1S/C14H21N3/c1-3-11-5-4-6-13-14(11)16(2)10-12-9-15-7-8-17(12)13/h4-6,12,15H,3,7-10H2,1-2H3. The lowest BCUT2D eigenvalue weighted by Crippen LogP contribution is -2.58. The van der Waals surface area contributed by atoms with E-state index < -0.39 is 0 Å². The largest absolute Gasteiger partial charge is 0.371 e. The maximum Gasteiger partial charge on any atom is 0.0634 e. The number of piperazine rings is 1. The molecule has 0 radical (unpaired) electrons. The summed E-state index contributed by atoms with van der Waals surface area (Å²) in [4.78, 5) is 5.02. The van der Waals surface area contributed by atoms with Gasteiger partial charge in [0.2, 0.25) is 0 Å². The van der Waals surface area contributed by atoms with Gasteiger partial charge in [0.15, 0.2) is 0 Å². The zero-order valence-corrected chi connectivity index (χ0v) is 10.7. The van der Waals surface area contributed by atoms with E-state index in [9.17, 15) is 0 Å². The van der Waals surface area contributed by atoms with Crippen LogP contribution in [0.2, 0.25) is 0 Å². The number of nitrogens with zero attached hydrogens (tertiary/aromatic N) is 2. The van der Waals surface area contributed by atoms with Gasteiger partial charge in [-0.2, -0.15) is 0 Å². The fourth-order valence-electron chi connectivity index (χ4n) is 3.18. The lowest BCUT2D eigenvalue weighted by atomic mass is 10.0. The third-order valence-electron chi connectivity index (χ3n) is 4.01. The molecule has 0 saturated carbocycles. The SMILES string of the molecule is CCc1cccc2c1N(C)CC1CNCCN21. The highest BCUT2D eigenvalue weighted by Gasteiger charge is 2.31. The summed E-state index contributed by atoms with van der Waals surface area (Å²) >= 11 is 0. The van der Waals surface area contributed by atoms with Crippen LogP contribution in [0.15, 0.2) is 18.2 Å². The Bertz CT molecular complexity index is 416. The first kappa shape index (κ1) is 10.9. The summed E-state index contributed by atoms with van der Waals surface area (Å²) in [6.07, 6.45) is 1.12. The Morgan fingerprint density at radius 2 is 2.29 bits per heavy atom. The Morgan fingerprint density at radius 1 is 1.41 bits per heavy atom. The van der Waals surface area contributed by atoms with E-state index >= 15 is 0 Å². The third-order valence-corrected chi connectivity index (χ3v) is 4.01. The Hall–Kier alpha value is -1.22.